The molecule has 0 aliphatic carbocycles. The van der Waals surface area contributed by atoms with Crippen molar-refractivity contribution in [2.75, 3.05) is 12.8 Å². The Kier molecular flexibility index (Phi) is 15.6. The fourth-order valence-electron chi connectivity index (χ4n) is 1.94. The molecular formula is C14H31NS. The van der Waals surface area contributed by atoms with Gasteiger partial charge in [0.25, 0.3) is 0 Å². The van der Waals surface area contributed by atoms with Crippen LogP contribution in [-0.4, -0.2) is 12.8 Å². The van der Waals surface area contributed by atoms with E-state index >= 15 is 0 Å². The summed E-state index contributed by atoms with van der Waals surface area (Å²) >= 11 is 1.84. The summed E-state index contributed by atoms with van der Waals surface area (Å²) in [6.07, 6.45) is 15.8. The smallest absolute Gasteiger partial charge is 0.00785 e. The van der Waals surface area contributed by atoms with Gasteiger partial charge in [0.2, 0.25) is 0 Å². The van der Waals surface area contributed by atoms with Crippen LogP contribution in [0.2, 0.25) is 0 Å². The Morgan fingerprint density at radius 2 is 1.12 bits per heavy atom. The minimum atomic E-state index is 1.27. The van der Waals surface area contributed by atoms with Crippen molar-refractivity contribution in [3.8, 4) is 0 Å². The lowest BCUT2D eigenvalue weighted by Gasteiger charge is -2.02. The molecule has 16 heavy (non-hydrogen) atoms. The van der Waals surface area contributed by atoms with Crippen LogP contribution in [0.1, 0.15) is 77.6 Å². The van der Waals surface area contributed by atoms with Crippen LogP contribution in [0.25, 0.3) is 0 Å². The molecule has 0 fully saturated rings. The predicted molar refractivity (Wildman–Crippen MR) is 78.0 cm³/mol. The topological polar surface area (TPSA) is 12.0 Å². The summed E-state index contributed by atoms with van der Waals surface area (Å²) in [5.74, 6) is 1.27. The van der Waals surface area contributed by atoms with Crippen LogP contribution in [0.3, 0.4) is 0 Å². The van der Waals surface area contributed by atoms with E-state index in [0.29, 0.717) is 0 Å². The fraction of sp³-hybridized carbons (Fsp3) is 1.00. The highest BCUT2D eigenvalue weighted by Gasteiger charge is 1.92. The molecule has 0 rings (SSSR count). The van der Waals surface area contributed by atoms with Gasteiger partial charge in [-0.2, -0.15) is 0 Å². The zero-order valence-electron chi connectivity index (χ0n) is 11.4. The normalized spacial score (nSPS) is 10.9. The molecular weight excluding hydrogens is 214 g/mol. The van der Waals surface area contributed by atoms with Gasteiger partial charge in [-0.3, -0.25) is 4.72 Å². The van der Waals surface area contributed by atoms with Crippen molar-refractivity contribution in [1.82, 2.24) is 4.72 Å². The van der Waals surface area contributed by atoms with E-state index in [1.165, 1.54) is 76.4 Å². The SMILES string of the molecule is CCCCCCCCCCCCCSNC. The standard InChI is InChI=1S/C14H31NS/c1-3-4-5-6-7-8-9-10-11-12-13-14-16-15-2/h15H,3-14H2,1-2H3. The third-order valence-corrected chi connectivity index (χ3v) is 3.78. The van der Waals surface area contributed by atoms with Crippen LogP contribution in [0.15, 0.2) is 0 Å². The lowest BCUT2D eigenvalue weighted by molar-refractivity contribution is 0.555. The van der Waals surface area contributed by atoms with Crippen LogP contribution in [0.5, 0.6) is 0 Å². The Labute approximate surface area is 107 Å². The molecule has 0 aliphatic heterocycles. The number of unbranched alkanes of at least 4 members (excludes halogenated alkanes) is 10. The second kappa shape index (κ2) is 15.3. The fourth-order valence-corrected chi connectivity index (χ4v) is 2.49. The average molecular weight is 245 g/mol. The maximum Gasteiger partial charge on any atom is 0.00785 e. The van der Waals surface area contributed by atoms with E-state index in [9.17, 15) is 0 Å². The Hall–Kier alpha value is 0.310. The first-order valence-corrected chi connectivity index (χ1v) is 8.19. The Morgan fingerprint density at radius 3 is 1.56 bits per heavy atom. The highest BCUT2D eigenvalue weighted by molar-refractivity contribution is 7.97. The molecule has 0 bridgehead atoms. The molecule has 0 heterocycles. The monoisotopic (exact) mass is 245 g/mol. The van der Waals surface area contributed by atoms with Crippen molar-refractivity contribution < 1.29 is 0 Å². The molecule has 0 saturated carbocycles. The van der Waals surface area contributed by atoms with E-state index in [4.69, 9.17) is 0 Å². The highest BCUT2D eigenvalue weighted by Crippen LogP contribution is 2.11. The Morgan fingerprint density at radius 1 is 0.688 bits per heavy atom. The largest absolute Gasteiger partial charge is 0.267 e. The van der Waals surface area contributed by atoms with Gasteiger partial charge in [0.1, 0.15) is 0 Å². The molecule has 0 aromatic rings. The van der Waals surface area contributed by atoms with Crippen LogP contribution >= 0.6 is 11.9 Å². The third kappa shape index (κ3) is 14.3. The maximum atomic E-state index is 3.12. The molecule has 2 heteroatoms. The van der Waals surface area contributed by atoms with Gasteiger partial charge in [-0.1, -0.05) is 83.1 Å². The summed E-state index contributed by atoms with van der Waals surface area (Å²) in [5, 5.41) is 0. The summed E-state index contributed by atoms with van der Waals surface area (Å²) in [6.45, 7) is 2.28. The molecule has 0 spiro atoms. The predicted octanol–water partition coefficient (Wildman–Crippen LogP) is 5.17. The van der Waals surface area contributed by atoms with Gasteiger partial charge in [0, 0.05) is 5.75 Å². The average Bonchev–Trinajstić information content (AvgIpc) is 2.31. The third-order valence-electron chi connectivity index (χ3n) is 2.99. The van der Waals surface area contributed by atoms with Crippen LogP contribution in [0.4, 0.5) is 0 Å². The van der Waals surface area contributed by atoms with Crippen molar-refractivity contribution in [2.45, 2.75) is 77.6 Å². The number of hydrogen-bond acceptors (Lipinski definition) is 2. The van der Waals surface area contributed by atoms with E-state index in [1.807, 2.05) is 19.0 Å². The second-order valence-electron chi connectivity index (χ2n) is 4.59. The van der Waals surface area contributed by atoms with E-state index in [1.54, 1.807) is 0 Å². The summed E-state index contributed by atoms with van der Waals surface area (Å²) in [7, 11) is 2.00. The minimum absolute atomic E-state index is 1.27. The molecule has 98 valence electrons. The van der Waals surface area contributed by atoms with Crippen LogP contribution in [0, 0.1) is 0 Å². The molecule has 0 atom stereocenters. The van der Waals surface area contributed by atoms with Gasteiger partial charge in [-0.05, 0) is 13.5 Å². The molecule has 0 unspecified atom stereocenters. The van der Waals surface area contributed by atoms with Crippen LogP contribution in [-0.2, 0) is 0 Å². The van der Waals surface area contributed by atoms with Gasteiger partial charge in [-0.25, -0.2) is 0 Å². The van der Waals surface area contributed by atoms with Gasteiger partial charge in [-0.15, -0.1) is 0 Å². The van der Waals surface area contributed by atoms with Crippen molar-refractivity contribution in [3.05, 3.63) is 0 Å². The van der Waals surface area contributed by atoms with E-state index in [2.05, 4.69) is 11.6 Å². The lowest BCUT2D eigenvalue weighted by atomic mass is 10.1. The Balaban J connectivity index is 2.83. The quantitative estimate of drug-likeness (QED) is 0.355. The second-order valence-corrected chi connectivity index (χ2v) is 5.69. The zero-order chi connectivity index (χ0) is 11.9. The molecule has 0 radical (unpaired) electrons. The highest BCUT2D eigenvalue weighted by atomic mass is 32.2. The first kappa shape index (κ1) is 16.3. The number of hydrogen-bond donors (Lipinski definition) is 1. The first-order chi connectivity index (χ1) is 7.91. The molecule has 1 nitrogen and oxygen atoms in total. The van der Waals surface area contributed by atoms with Crippen molar-refractivity contribution >= 4 is 11.9 Å². The summed E-state index contributed by atoms with van der Waals surface area (Å²) in [5.41, 5.74) is 0. The molecule has 0 aromatic heterocycles. The van der Waals surface area contributed by atoms with Gasteiger partial charge < -0.3 is 0 Å². The van der Waals surface area contributed by atoms with E-state index in [-0.39, 0.29) is 0 Å². The van der Waals surface area contributed by atoms with Crippen molar-refractivity contribution in [2.24, 2.45) is 0 Å². The number of rotatable bonds is 13. The van der Waals surface area contributed by atoms with E-state index < -0.39 is 0 Å². The maximum absolute atomic E-state index is 3.12. The molecule has 0 aromatic carbocycles. The molecule has 0 amide bonds. The van der Waals surface area contributed by atoms with Gasteiger partial charge in [0.05, 0.1) is 0 Å². The molecule has 0 saturated heterocycles. The number of nitrogens with one attached hydrogen (secondary N) is 1. The zero-order valence-corrected chi connectivity index (χ0v) is 12.2. The van der Waals surface area contributed by atoms with Crippen molar-refractivity contribution in [3.63, 3.8) is 0 Å². The summed E-state index contributed by atoms with van der Waals surface area (Å²) in [6, 6.07) is 0. The Bertz CT molecular complexity index is 103. The van der Waals surface area contributed by atoms with Gasteiger partial charge >= 0.3 is 0 Å². The minimum Gasteiger partial charge on any atom is -0.267 e. The van der Waals surface area contributed by atoms with Gasteiger partial charge in [0.15, 0.2) is 0 Å². The first-order valence-electron chi connectivity index (χ1n) is 7.20. The molecule has 1 N–H and O–H groups in total. The van der Waals surface area contributed by atoms with Crippen molar-refractivity contribution in [1.29, 1.82) is 0 Å². The molecule has 0 aliphatic rings. The summed E-state index contributed by atoms with van der Waals surface area (Å²) in [4.78, 5) is 0. The van der Waals surface area contributed by atoms with E-state index in [0.717, 1.165) is 0 Å². The summed E-state index contributed by atoms with van der Waals surface area (Å²) < 4.78 is 3.12. The van der Waals surface area contributed by atoms with Crippen LogP contribution < -0.4 is 4.72 Å². The lowest BCUT2D eigenvalue weighted by Crippen LogP contribution is -1.93.